The van der Waals surface area contributed by atoms with E-state index < -0.39 is 5.60 Å². The molecular formula is C19H17ClN2O2S. The van der Waals surface area contributed by atoms with Crippen molar-refractivity contribution in [2.24, 2.45) is 0 Å². The zero-order chi connectivity index (χ0) is 17.9. The number of nitrogens with one attached hydrogen (secondary N) is 1. The van der Waals surface area contributed by atoms with Crippen molar-refractivity contribution in [2.75, 3.05) is 5.32 Å². The fourth-order valence-electron chi connectivity index (χ4n) is 2.25. The molecule has 0 fully saturated rings. The summed E-state index contributed by atoms with van der Waals surface area (Å²) >= 11 is 7.03. The van der Waals surface area contributed by atoms with Crippen LogP contribution in [-0.2, 0) is 4.79 Å². The van der Waals surface area contributed by atoms with E-state index in [1.54, 1.807) is 13.8 Å². The van der Waals surface area contributed by atoms with Gasteiger partial charge < -0.3 is 4.74 Å². The lowest BCUT2D eigenvalue weighted by Gasteiger charge is -2.24. The number of aromatic nitrogens is 1. The summed E-state index contributed by atoms with van der Waals surface area (Å²) in [6.45, 7) is 3.42. The van der Waals surface area contributed by atoms with E-state index in [1.807, 2.05) is 54.6 Å². The van der Waals surface area contributed by atoms with Crippen LogP contribution in [0.4, 0.5) is 5.13 Å². The molecule has 3 rings (SSSR count). The highest BCUT2D eigenvalue weighted by atomic mass is 35.5. The van der Waals surface area contributed by atoms with Crippen molar-refractivity contribution in [3.63, 3.8) is 0 Å². The Kier molecular flexibility index (Phi) is 5.06. The molecule has 0 radical (unpaired) electrons. The molecule has 1 heterocycles. The number of carbonyl (C=O) groups is 1. The van der Waals surface area contributed by atoms with E-state index in [0.29, 0.717) is 15.2 Å². The van der Waals surface area contributed by atoms with Crippen molar-refractivity contribution >= 4 is 34.0 Å². The fourth-order valence-corrected chi connectivity index (χ4v) is 3.05. The molecule has 4 nitrogen and oxygen atoms in total. The van der Waals surface area contributed by atoms with Crippen LogP contribution >= 0.6 is 22.9 Å². The van der Waals surface area contributed by atoms with E-state index in [1.165, 1.54) is 17.5 Å². The van der Waals surface area contributed by atoms with Crippen molar-refractivity contribution in [3.05, 3.63) is 65.1 Å². The van der Waals surface area contributed by atoms with Crippen molar-refractivity contribution in [1.82, 2.24) is 4.98 Å². The van der Waals surface area contributed by atoms with Crippen LogP contribution in [0.5, 0.6) is 5.75 Å². The standard InChI is InChI=1S/C19H17ClN2O2S/c1-19(2,17(23)22-18-21-12-16(20)25-18)24-15-10-8-14(9-11-15)13-6-4-3-5-7-13/h3-12H,1-2H3,(H,21,22,23). The predicted molar refractivity (Wildman–Crippen MR) is 102 cm³/mol. The lowest BCUT2D eigenvalue weighted by molar-refractivity contribution is -0.128. The quantitative estimate of drug-likeness (QED) is 0.664. The van der Waals surface area contributed by atoms with Gasteiger partial charge in [-0.2, -0.15) is 0 Å². The third kappa shape index (κ3) is 4.38. The van der Waals surface area contributed by atoms with Crippen molar-refractivity contribution in [3.8, 4) is 16.9 Å². The van der Waals surface area contributed by atoms with Crippen LogP contribution in [0.1, 0.15) is 13.8 Å². The molecule has 0 bridgehead atoms. The Morgan fingerprint density at radius 3 is 2.32 bits per heavy atom. The van der Waals surface area contributed by atoms with E-state index in [9.17, 15) is 4.79 Å². The number of anilines is 1. The number of rotatable bonds is 5. The molecule has 1 aromatic heterocycles. The number of hydrogen-bond acceptors (Lipinski definition) is 4. The van der Waals surface area contributed by atoms with Crippen LogP contribution in [0.2, 0.25) is 4.34 Å². The summed E-state index contributed by atoms with van der Waals surface area (Å²) < 4.78 is 6.38. The van der Waals surface area contributed by atoms with E-state index in [0.717, 1.165) is 11.1 Å². The maximum atomic E-state index is 12.4. The minimum atomic E-state index is -1.05. The van der Waals surface area contributed by atoms with Gasteiger partial charge in [-0.05, 0) is 37.1 Å². The Labute approximate surface area is 155 Å². The van der Waals surface area contributed by atoms with Gasteiger partial charge in [0.05, 0.1) is 6.20 Å². The summed E-state index contributed by atoms with van der Waals surface area (Å²) in [7, 11) is 0. The Balaban J connectivity index is 1.68. The molecule has 1 amide bonds. The fraction of sp³-hybridized carbons (Fsp3) is 0.158. The molecule has 3 aromatic rings. The zero-order valence-corrected chi connectivity index (χ0v) is 15.4. The van der Waals surface area contributed by atoms with Gasteiger partial charge in [-0.15, -0.1) is 0 Å². The highest BCUT2D eigenvalue weighted by Crippen LogP contribution is 2.27. The maximum Gasteiger partial charge on any atom is 0.269 e. The van der Waals surface area contributed by atoms with E-state index in [-0.39, 0.29) is 5.91 Å². The Hall–Kier alpha value is -2.37. The minimum Gasteiger partial charge on any atom is -0.478 e. The summed E-state index contributed by atoms with van der Waals surface area (Å²) in [5, 5.41) is 3.17. The molecule has 2 aromatic carbocycles. The van der Waals surface area contributed by atoms with Crippen molar-refractivity contribution in [1.29, 1.82) is 0 Å². The van der Waals surface area contributed by atoms with Gasteiger partial charge in [-0.1, -0.05) is 65.4 Å². The second-order valence-corrected chi connectivity index (χ2v) is 7.59. The summed E-state index contributed by atoms with van der Waals surface area (Å²) in [6, 6.07) is 17.7. The van der Waals surface area contributed by atoms with Gasteiger partial charge in [0, 0.05) is 0 Å². The van der Waals surface area contributed by atoms with Crippen LogP contribution in [0.3, 0.4) is 0 Å². The average Bonchev–Trinajstić information content (AvgIpc) is 3.01. The highest BCUT2D eigenvalue weighted by molar-refractivity contribution is 7.19. The molecule has 0 saturated carbocycles. The summed E-state index contributed by atoms with van der Waals surface area (Å²) in [5.41, 5.74) is 1.17. The highest BCUT2D eigenvalue weighted by Gasteiger charge is 2.30. The Morgan fingerprint density at radius 2 is 1.72 bits per heavy atom. The Bertz CT molecular complexity index is 861. The minimum absolute atomic E-state index is 0.286. The molecule has 0 atom stereocenters. The molecule has 0 saturated heterocycles. The summed E-state index contributed by atoms with van der Waals surface area (Å²) in [6.07, 6.45) is 1.50. The normalized spacial score (nSPS) is 11.2. The molecule has 0 aliphatic heterocycles. The van der Waals surface area contributed by atoms with Crippen LogP contribution in [-0.4, -0.2) is 16.5 Å². The number of benzene rings is 2. The zero-order valence-electron chi connectivity index (χ0n) is 13.8. The first-order valence-corrected chi connectivity index (χ1v) is 8.91. The van der Waals surface area contributed by atoms with Crippen molar-refractivity contribution < 1.29 is 9.53 Å². The Morgan fingerprint density at radius 1 is 1.08 bits per heavy atom. The number of amides is 1. The molecule has 1 N–H and O–H groups in total. The first-order chi connectivity index (χ1) is 11.9. The molecule has 0 aliphatic carbocycles. The molecule has 0 unspecified atom stereocenters. The van der Waals surface area contributed by atoms with Crippen LogP contribution in [0.25, 0.3) is 11.1 Å². The van der Waals surface area contributed by atoms with E-state index in [4.69, 9.17) is 16.3 Å². The summed E-state index contributed by atoms with van der Waals surface area (Å²) in [4.78, 5) is 16.4. The molecule has 6 heteroatoms. The van der Waals surface area contributed by atoms with Crippen LogP contribution in [0.15, 0.2) is 60.8 Å². The second kappa shape index (κ2) is 7.25. The van der Waals surface area contributed by atoms with Gasteiger partial charge in [0.2, 0.25) is 0 Å². The van der Waals surface area contributed by atoms with Gasteiger partial charge in [-0.3, -0.25) is 10.1 Å². The maximum absolute atomic E-state index is 12.4. The number of nitrogens with zero attached hydrogens (tertiary/aromatic N) is 1. The number of thiazole rings is 1. The topological polar surface area (TPSA) is 51.2 Å². The van der Waals surface area contributed by atoms with Gasteiger partial charge in [0.1, 0.15) is 10.1 Å². The predicted octanol–water partition coefficient (Wildman–Crippen LogP) is 5.26. The largest absolute Gasteiger partial charge is 0.478 e. The molecule has 25 heavy (non-hydrogen) atoms. The first kappa shape index (κ1) is 17.5. The van der Waals surface area contributed by atoms with E-state index >= 15 is 0 Å². The number of hydrogen-bond donors (Lipinski definition) is 1. The van der Waals surface area contributed by atoms with Crippen LogP contribution < -0.4 is 10.1 Å². The smallest absolute Gasteiger partial charge is 0.269 e. The third-order valence-electron chi connectivity index (χ3n) is 3.58. The molecule has 0 spiro atoms. The average molecular weight is 373 g/mol. The van der Waals surface area contributed by atoms with Gasteiger partial charge in [0.15, 0.2) is 10.7 Å². The first-order valence-electron chi connectivity index (χ1n) is 7.71. The molecule has 128 valence electrons. The number of carbonyl (C=O) groups excluding carboxylic acids is 1. The second-order valence-electron chi connectivity index (χ2n) is 5.93. The van der Waals surface area contributed by atoms with Crippen molar-refractivity contribution in [2.45, 2.75) is 19.4 Å². The van der Waals surface area contributed by atoms with Gasteiger partial charge >= 0.3 is 0 Å². The van der Waals surface area contributed by atoms with E-state index in [2.05, 4.69) is 10.3 Å². The number of halogens is 1. The SMILES string of the molecule is CC(C)(Oc1ccc(-c2ccccc2)cc1)C(=O)Nc1ncc(Cl)s1. The monoisotopic (exact) mass is 372 g/mol. The number of ether oxygens (including phenoxy) is 1. The van der Waals surface area contributed by atoms with Crippen LogP contribution in [0, 0.1) is 0 Å². The molecular weight excluding hydrogens is 356 g/mol. The molecule has 0 aliphatic rings. The lowest BCUT2D eigenvalue weighted by Crippen LogP contribution is -2.42. The van der Waals surface area contributed by atoms with Gasteiger partial charge in [-0.25, -0.2) is 4.98 Å². The lowest BCUT2D eigenvalue weighted by atomic mass is 10.1. The van der Waals surface area contributed by atoms with Gasteiger partial charge in [0.25, 0.3) is 5.91 Å². The summed E-state index contributed by atoms with van der Waals surface area (Å²) in [5.74, 6) is 0.336. The third-order valence-corrected chi connectivity index (χ3v) is 4.61.